The lowest BCUT2D eigenvalue weighted by Gasteiger charge is -2.21. The summed E-state index contributed by atoms with van der Waals surface area (Å²) in [6.07, 6.45) is 3.35. The summed E-state index contributed by atoms with van der Waals surface area (Å²) in [6.45, 7) is 3.99. The van der Waals surface area contributed by atoms with Crippen molar-refractivity contribution in [3.05, 3.63) is 96.1 Å². The third kappa shape index (κ3) is 6.33. The van der Waals surface area contributed by atoms with Crippen LogP contribution in [0.3, 0.4) is 0 Å². The second-order valence-electron chi connectivity index (χ2n) is 9.04. The Kier molecular flexibility index (Phi) is 8.51. The number of carbonyl (C=O) groups is 4. The molecule has 8 nitrogen and oxygen atoms in total. The molecule has 4 amide bonds. The molecule has 0 radical (unpaired) electrons. The van der Waals surface area contributed by atoms with Gasteiger partial charge in [-0.2, -0.15) is 0 Å². The van der Waals surface area contributed by atoms with Gasteiger partial charge in [-0.3, -0.25) is 9.59 Å². The molecule has 0 N–H and O–H groups in total. The van der Waals surface area contributed by atoms with Crippen LogP contribution < -0.4 is 0 Å². The lowest BCUT2D eigenvalue weighted by Crippen LogP contribution is -2.41. The average molecular weight is 503 g/mol. The number of hydrogen-bond donors (Lipinski definition) is 0. The van der Waals surface area contributed by atoms with Crippen LogP contribution in [0.1, 0.15) is 30.4 Å². The highest BCUT2D eigenvalue weighted by Crippen LogP contribution is 2.23. The summed E-state index contributed by atoms with van der Waals surface area (Å²) in [5.41, 5.74) is 2.35. The largest absolute Gasteiger partial charge is 0.447 e. The first kappa shape index (κ1) is 25.9. The molecule has 0 spiro atoms. The van der Waals surface area contributed by atoms with Crippen LogP contribution in [0.4, 0.5) is 9.59 Å². The molecular weight excluding hydrogens is 472 g/mol. The third-order valence-corrected chi connectivity index (χ3v) is 6.43. The van der Waals surface area contributed by atoms with Crippen molar-refractivity contribution >= 4 is 24.0 Å². The lowest BCUT2D eigenvalue weighted by molar-refractivity contribution is -0.129. The number of carbonyl (C=O) groups excluding carboxylic acids is 4. The fraction of sp³-hybridized carbons (Fsp3) is 0.310. The summed E-state index contributed by atoms with van der Waals surface area (Å²) in [6, 6.07) is 18.4. The van der Waals surface area contributed by atoms with Crippen molar-refractivity contribution in [3.63, 3.8) is 0 Å². The van der Waals surface area contributed by atoms with E-state index in [0.717, 1.165) is 16.0 Å². The van der Waals surface area contributed by atoms with Crippen molar-refractivity contribution in [2.45, 2.75) is 44.2 Å². The Labute approximate surface area is 216 Å². The second kappa shape index (κ2) is 12.2. The highest BCUT2D eigenvalue weighted by atomic mass is 16.6. The molecule has 0 unspecified atom stereocenters. The predicted octanol–water partition coefficient (Wildman–Crippen LogP) is 4.45. The molecule has 0 aromatic heterocycles. The molecule has 0 bridgehead atoms. The van der Waals surface area contributed by atoms with Crippen molar-refractivity contribution in [3.8, 4) is 0 Å². The zero-order valence-electron chi connectivity index (χ0n) is 20.6. The Bertz CT molecular complexity index is 1180. The molecule has 4 rings (SSSR count). The van der Waals surface area contributed by atoms with Gasteiger partial charge in [0.15, 0.2) is 0 Å². The van der Waals surface area contributed by atoms with E-state index in [1.807, 2.05) is 60.7 Å². The zero-order chi connectivity index (χ0) is 26.2. The Morgan fingerprint density at radius 3 is 1.89 bits per heavy atom. The van der Waals surface area contributed by atoms with Gasteiger partial charge in [-0.15, -0.1) is 6.58 Å². The maximum absolute atomic E-state index is 13.3. The second-order valence-corrected chi connectivity index (χ2v) is 9.04. The van der Waals surface area contributed by atoms with Gasteiger partial charge in [-0.1, -0.05) is 72.8 Å². The molecule has 2 aromatic rings. The maximum atomic E-state index is 13.3. The van der Waals surface area contributed by atoms with Gasteiger partial charge in [0.1, 0.15) is 13.2 Å². The Morgan fingerprint density at radius 2 is 1.35 bits per heavy atom. The summed E-state index contributed by atoms with van der Waals surface area (Å²) >= 11 is 0. The number of amides is 4. The van der Waals surface area contributed by atoms with Gasteiger partial charge < -0.3 is 9.47 Å². The molecule has 0 saturated carbocycles. The number of ether oxygens (including phenoxy) is 2. The smallest absolute Gasteiger partial charge is 0.417 e. The molecule has 0 aliphatic carbocycles. The number of rotatable bonds is 10. The summed E-state index contributed by atoms with van der Waals surface area (Å²) < 4.78 is 10.3. The molecule has 2 aliphatic rings. The van der Waals surface area contributed by atoms with Crippen molar-refractivity contribution in [2.75, 3.05) is 13.2 Å². The van der Waals surface area contributed by atoms with Crippen LogP contribution in [-0.4, -0.2) is 59.1 Å². The third-order valence-electron chi connectivity index (χ3n) is 6.43. The van der Waals surface area contributed by atoms with Crippen molar-refractivity contribution in [2.24, 2.45) is 0 Å². The fourth-order valence-corrected chi connectivity index (χ4v) is 4.61. The Hall–Kier alpha value is -4.20. The summed E-state index contributed by atoms with van der Waals surface area (Å²) in [5.74, 6) is -0.828. The SMILES string of the molecule is C=CCC(=CCCC(=O)N1C(=O)OC[C@@H]1Cc1ccccc1)C(=O)N1C(=O)OC[C@@H]1Cc1ccccc1. The molecule has 2 saturated heterocycles. The van der Waals surface area contributed by atoms with Gasteiger partial charge in [0.2, 0.25) is 5.91 Å². The normalized spacial score (nSPS) is 19.5. The van der Waals surface area contributed by atoms with Gasteiger partial charge in [-0.05, 0) is 36.8 Å². The van der Waals surface area contributed by atoms with E-state index >= 15 is 0 Å². The zero-order valence-corrected chi connectivity index (χ0v) is 20.6. The van der Waals surface area contributed by atoms with E-state index in [1.54, 1.807) is 12.2 Å². The minimum atomic E-state index is -0.680. The summed E-state index contributed by atoms with van der Waals surface area (Å²) in [4.78, 5) is 53.3. The molecule has 2 fully saturated rings. The molecule has 2 atom stereocenters. The van der Waals surface area contributed by atoms with Gasteiger partial charge in [0, 0.05) is 12.0 Å². The van der Waals surface area contributed by atoms with Crippen molar-refractivity contribution in [1.29, 1.82) is 0 Å². The molecule has 37 heavy (non-hydrogen) atoms. The lowest BCUT2D eigenvalue weighted by atomic mass is 10.0. The van der Waals surface area contributed by atoms with Crippen molar-refractivity contribution < 1.29 is 28.7 Å². The van der Waals surface area contributed by atoms with Crippen LogP contribution in [0, 0.1) is 0 Å². The standard InChI is InChI=1S/C29H30N2O6/c1-2-10-23(27(33)31-25(20-37-29(31)35)18-22-13-7-4-8-14-22)15-9-16-26(32)30-24(19-36-28(30)34)17-21-11-5-3-6-12-21/h2-8,11-15,24-25H,1,9-10,16-20H2/t24-,25-/m0/s1. The molecule has 192 valence electrons. The number of allylic oxidation sites excluding steroid dienone is 2. The minimum absolute atomic E-state index is 0.0200. The van der Waals surface area contributed by atoms with E-state index < -0.39 is 24.1 Å². The number of cyclic esters (lactones) is 2. The highest BCUT2D eigenvalue weighted by molar-refractivity contribution is 6.03. The molecule has 8 heteroatoms. The highest BCUT2D eigenvalue weighted by Gasteiger charge is 2.39. The quantitative estimate of drug-likeness (QED) is 0.352. The molecule has 2 aromatic carbocycles. The number of benzene rings is 2. The first-order valence-corrected chi connectivity index (χ1v) is 12.3. The van der Waals surface area contributed by atoms with Crippen LogP contribution in [-0.2, 0) is 31.9 Å². The van der Waals surface area contributed by atoms with Crippen LogP contribution in [0.25, 0.3) is 0 Å². The van der Waals surface area contributed by atoms with E-state index in [1.165, 1.54) is 4.90 Å². The van der Waals surface area contributed by atoms with Gasteiger partial charge in [0.25, 0.3) is 5.91 Å². The number of nitrogens with zero attached hydrogens (tertiary/aromatic N) is 2. The number of imide groups is 2. The van der Waals surface area contributed by atoms with Gasteiger partial charge in [-0.25, -0.2) is 19.4 Å². The number of hydrogen-bond acceptors (Lipinski definition) is 6. The van der Waals surface area contributed by atoms with E-state index in [2.05, 4.69) is 6.58 Å². The first-order chi connectivity index (χ1) is 18.0. The van der Waals surface area contributed by atoms with Gasteiger partial charge in [0.05, 0.1) is 12.1 Å². The fourth-order valence-electron chi connectivity index (χ4n) is 4.61. The van der Waals surface area contributed by atoms with Crippen LogP contribution in [0.5, 0.6) is 0 Å². The van der Waals surface area contributed by atoms with E-state index in [-0.39, 0.29) is 44.4 Å². The predicted molar refractivity (Wildman–Crippen MR) is 136 cm³/mol. The van der Waals surface area contributed by atoms with Crippen LogP contribution >= 0.6 is 0 Å². The molecular formula is C29H30N2O6. The van der Waals surface area contributed by atoms with Gasteiger partial charge >= 0.3 is 12.2 Å². The van der Waals surface area contributed by atoms with E-state index in [4.69, 9.17) is 9.47 Å². The van der Waals surface area contributed by atoms with E-state index in [0.29, 0.717) is 18.4 Å². The average Bonchev–Trinajstić information content (AvgIpc) is 3.45. The van der Waals surface area contributed by atoms with E-state index in [9.17, 15) is 19.2 Å². The maximum Gasteiger partial charge on any atom is 0.417 e. The first-order valence-electron chi connectivity index (χ1n) is 12.3. The molecule has 2 heterocycles. The minimum Gasteiger partial charge on any atom is -0.447 e. The van der Waals surface area contributed by atoms with Crippen molar-refractivity contribution in [1.82, 2.24) is 9.80 Å². The topological polar surface area (TPSA) is 93.2 Å². The summed E-state index contributed by atoms with van der Waals surface area (Å²) in [5, 5.41) is 0. The molecule has 2 aliphatic heterocycles. The Balaban J connectivity index is 1.40. The Morgan fingerprint density at radius 1 is 0.838 bits per heavy atom. The monoisotopic (exact) mass is 502 g/mol. The summed E-state index contributed by atoms with van der Waals surface area (Å²) in [7, 11) is 0. The van der Waals surface area contributed by atoms with Crippen LogP contribution in [0.2, 0.25) is 0 Å². The van der Waals surface area contributed by atoms with Crippen LogP contribution in [0.15, 0.2) is 85.0 Å².